The number of nitrogens with one attached hydrogen (secondary N) is 4. The van der Waals surface area contributed by atoms with Gasteiger partial charge in [-0.15, -0.1) is 11.6 Å². The number of nitrogens with zero attached hydrogens (tertiary/aromatic N) is 7. The van der Waals surface area contributed by atoms with Gasteiger partial charge in [0.2, 0.25) is 65.0 Å². The van der Waals surface area contributed by atoms with Crippen molar-refractivity contribution in [3.63, 3.8) is 0 Å². The molecule has 1 fully saturated rings. The van der Waals surface area contributed by atoms with Crippen molar-refractivity contribution in [3.05, 3.63) is 12.2 Å². The van der Waals surface area contributed by atoms with E-state index in [1.54, 1.807) is 60.6 Å². The highest BCUT2D eigenvalue weighted by atomic mass is 35.5. The van der Waals surface area contributed by atoms with Crippen LogP contribution in [0.4, 0.5) is 0 Å². The zero-order chi connectivity index (χ0) is 67.6. The zero-order valence-electron chi connectivity index (χ0n) is 57.0. The van der Waals surface area contributed by atoms with Crippen LogP contribution in [-0.4, -0.2) is 232 Å². The Kier molecular flexibility index (Phi) is 32.7. The van der Waals surface area contributed by atoms with Crippen LogP contribution in [0, 0.1) is 41.4 Å². The van der Waals surface area contributed by atoms with Crippen LogP contribution < -0.4 is 21.3 Å². The Morgan fingerprint density at radius 2 is 0.816 bits per heavy atom. The van der Waals surface area contributed by atoms with E-state index in [0.717, 1.165) is 9.80 Å². The van der Waals surface area contributed by atoms with Crippen LogP contribution >= 0.6 is 11.6 Å². The van der Waals surface area contributed by atoms with Crippen LogP contribution in [0.2, 0.25) is 0 Å². The van der Waals surface area contributed by atoms with Crippen molar-refractivity contribution in [3.8, 4) is 0 Å². The molecular weight excluding hydrogens is 1140 g/mol. The number of rotatable bonds is 16. The van der Waals surface area contributed by atoms with Crippen molar-refractivity contribution in [1.29, 1.82) is 0 Å². The Labute approximate surface area is 525 Å². The normalized spacial score (nSPS) is 27.4. The maximum Gasteiger partial charge on any atom is 0.247 e. The van der Waals surface area contributed by atoms with E-state index in [9.17, 15) is 48.3 Å². The summed E-state index contributed by atoms with van der Waals surface area (Å²) in [6.45, 7) is 29.7. The lowest BCUT2D eigenvalue weighted by atomic mass is 9.91. The lowest BCUT2D eigenvalue weighted by Gasteiger charge is -2.41. The molecule has 1 heterocycles. The molecule has 0 aromatic heterocycles. The van der Waals surface area contributed by atoms with Gasteiger partial charge in [0.1, 0.15) is 66.5 Å². The monoisotopic (exact) mass is 1250 g/mol. The maximum atomic E-state index is 15.2. The maximum absolute atomic E-state index is 15.2. The Hall–Kier alpha value is -5.84. The number of alkyl halides is 1. The Balaban J connectivity index is 4.41. The molecule has 0 aliphatic carbocycles. The average Bonchev–Trinajstić information content (AvgIpc) is 1.23. The van der Waals surface area contributed by atoms with Gasteiger partial charge in [-0.05, 0) is 101 Å². The summed E-state index contributed by atoms with van der Waals surface area (Å²) in [5, 5.41) is 23.1. The van der Waals surface area contributed by atoms with Gasteiger partial charge >= 0.3 is 0 Å². The molecule has 0 saturated carbocycles. The predicted octanol–water partition coefficient (Wildman–Crippen LogP) is 3.88. The first-order valence-electron chi connectivity index (χ1n) is 31.1. The number of likely N-dealkylation sites (N-methyl/N-ethyl adjacent to an activating group) is 7. The third-order valence-corrected chi connectivity index (χ3v) is 16.8. The third-order valence-electron chi connectivity index (χ3n) is 16.5. The standard InChI is InChI=1S/C63H112ClN11O12/c1-25-27-28-40(15)52(76)51-56(80)67-43(26-2)58(82)73(22)48(33-64)61(85)69(18)45(30-35(5)6)55(79)68-49(38(11)12)62(86)70(19)44(29-34(3)4)54(78)65-41(16)53(77)66-42(17)57(81)71(20)46(31-36(7)8)59(83)72(21)47(32-37(9)10)60(84)74(23)50(39(13)14)63(87)75(51)24/h25,27,34-52,76H,26,28-33H2,1-24H3,(H,65,78)(H,66,77)(H,67,80)(H,68,79)/b27-25+/t40-,41+,42-,43+,44+,45+,46+,47+,48?,49+,50+,51+,52-/m1/s1. The minimum Gasteiger partial charge on any atom is -0.390 e. The minimum absolute atomic E-state index is 0.0238. The molecule has 1 rings (SSSR count). The Morgan fingerprint density at radius 3 is 1.24 bits per heavy atom. The molecule has 1 unspecified atom stereocenters. The van der Waals surface area contributed by atoms with E-state index >= 15 is 9.59 Å². The number of aliphatic hydroxyl groups is 1. The van der Waals surface area contributed by atoms with Crippen LogP contribution in [0.25, 0.3) is 0 Å². The van der Waals surface area contributed by atoms with Gasteiger partial charge in [0.15, 0.2) is 0 Å². The van der Waals surface area contributed by atoms with Crippen molar-refractivity contribution in [2.24, 2.45) is 41.4 Å². The van der Waals surface area contributed by atoms with E-state index in [1.165, 1.54) is 87.7 Å². The fraction of sp³-hybridized carbons (Fsp3) is 0.794. The van der Waals surface area contributed by atoms with Crippen LogP contribution in [0.15, 0.2) is 12.2 Å². The number of hydrogen-bond donors (Lipinski definition) is 5. The SMILES string of the molecule is C/C=C/C[C@@H](C)[C@@H](O)[C@H]1C(=O)N[C@@H](CC)C(=O)N(C)C(CCl)C(=O)N(C)[C@@H](CC(C)C)C(=O)N[C@@H](C(C)C)C(=O)N(C)[C@@H](CC(C)C)C(=O)N[C@@H](C)C(=O)N[C@H](C)C(=O)N(C)[C@@H](CC(C)C)C(=O)N(C)[C@@H](CC(C)C)C(=O)N(C)[C@@H](C(C)C)C(=O)N1C. The van der Waals surface area contributed by atoms with Crippen molar-refractivity contribution >= 4 is 76.6 Å². The molecule has 5 N–H and O–H groups in total. The second-order valence-electron chi connectivity index (χ2n) is 26.5. The van der Waals surface area contributed by atoms with E-state index in [0.29, 0.717) is 6.42 Å². The second kappa shape index (κ2) is 36.0. The third kappa shape index (κ3) is 21.7. The molecule has 1 aliphatic heterocycles. The summed E-state index contributed by atoms with van der Waals surface area (Å²) >= 11 is 6.54. The van der Waals surface area contributed by atoms with Gasteiger partial charge in [-0.2, -0.15) is 0 Å². The number of carbonyl (C=O) groups excluding carboxylic acids is 11. The van der Waals surface area contributed by atoms with Crippen molar-refractivity contribution in [2.75, 3.05) is 55.2 Å². The van der Waals surface area contributed by atoms with E-state index < -0.39 is 161 Å². The van der Waals surface area contributed by atoms with Gasteiger partial charge in [-0.25, -0.2) is 0 Å². The quantitative estimate of drug-likeness (QED) is 0.109. The Morgan fingerprint density at radius 1 is 0.437 bits per heavy atom. The number of amides is 11. The van der Waals surface area contributed by atoms with E-state index in [4.69, 9.17) is 11.6 Å². The largest absolute Gasteiger partial charge is 0.390 e. The van der Waals surface area contributed by atoms with Crippen LogP contribution in [0.3, 0.4) is 0 Å². The highest BCUT2D eigenvalue weighted by molar-refractivity contribution is 6.20. The number of allylic oxidation sites excluding steroid dienone is 2. The molecule has 0 aromatic rings. The van der Waals surface area contributed by atoms with Crippen molar-refractivity contribution in [1.82, 2.24) is 55.6 Å². The highest BCUT2D eigenvalue weighted by Gasteiger charge is 2.46. The van der Waals surface area contributed by atoms with Gasteiger partial charge in [0.05, 0.1) is 12.0 Å². The fourth-order valence-electron chi connectivity index (χ4n) is 11.0. The molecule has 13 atom stereocenters. The molecule has 11 amide bonds. The molecule has 0 spiro atoms. The lowest BCUT2D eigenvalue weighted by molar-refractivity contribution is -0.157. The highest BCUT2D eigenvalue weighted by Crippen LogP contribution is 2.26. The van der Waals surface area contributed by atoms with Crippen molar-refractivity contribution < 1.29 is 57.8 Å². The molecule has 24 heteroatoms. The number of aliphatic hydroxyl groups excluding tert-OH is 1. The summed E-state index contributed by atoms with van der Waals surface area (Å²) in [6.07, 6.45) is 2.86. The fourth-order valence-corrected chi connectivity index (χ4v) is 11.3. The summed E-state index contributed by atoms with van der Waals surface area (Å²) in [5.41, 5.74) is 0. The number of halogens is 1. The van der Waals surface area contributed by atoms with E-state index in [2.05, 4.69) is 21.3 Å². The number of hydrogen-bond acceptors (Lipinski definition) is 12. The molecule has 0 bridgehead atoms. The minimum atomic E-state index is -1.64. The Bertz CT molecular complexity index is 2390. The average molecular weight is 1250 g/mol. The van der Waals surface area contributed by atoms with E-state index in [1.807, 2.05) is 55.4 Å². The van der Waals surface area contributed by atoms with Gasteiger partial charge in [0.25, 0.3) is 0 Å². The summed E-state index contributed by atoms with van der Waals surface area (Å²) in [6, 6.07) is -14.0. The van der Waals surface area contributed by atoms with Gasteiger partial charge in [-0.1, -0.05) is 109 Å². The molecule has 0 radical (unpaired) electrons. The molecule has 23 nitrogen and oxygen atoms in total. The second-order valence-corrected chi connectivity index (χ2v) is 26.8. The summed E-state index contributed by atoms with van der Waals surface area (Å²) < 4.78 is 0. The molecule has 1 saturated heterocycles. The van der Waals surface area contributed by atoms with Crippen LogP contribution in [-0.2, 0) is 52.7 Å². The van der Waals surface area contributed by atoms with Gasteiger partial charge < -0.3 is 60.7 Å². The molecule has 1 aliphatic rings. The molecule has 498 valence electrons. The summed E-state index contributed by atoms with van der Waals surface area (Å²) in [4.78, 5) is 170. The summed E-state index contributed by atoms with van der Waals surface area (Å²) in [7, 11) is 9.82. The van der Waals surface area contributed by atoms with Crippen molar-refractivity contribution in [2.45, 2.75) is 229 Å². The topological polar surface area (TPSA) is 279 Å². The number of carbonyl (C=O) groups is 11. The first kappa shape index (κ1) is 79.2. The van der Waals surface area contributed by atoms with E-state index in [-0.39, 0.29) is 55.8 Å². The summed E-state index contributed by atoms with van der Waals surface area (Å²) in [5.74, 6) is -10.6. The van der Waals surface area contributed by atoms with Gasteiger partial charge in [-0.3, -0.25) is 52.7 Å². The smallest absolute Gasteiger partial charge is 0.247 e. The van der Waals surface area contributed by atoms with Crippen LogP contribution in [0.1, 0.15) is 156 Å². The van der Waals surface area contributed by atoms with Gasteiger partial charge in [0, 0.05) is 49.3 Å². The zero-order valence-corrected chi connectivity index (χ0v) is 57.8. The predicted molar refractivity (Wildman–Crippen MR) is 338 cm³/mol. The molecular formula is C63H112ClN11O12. The lowest BCUT2D eigenvalue weighted by Crippen LogP contribution is -2.64. The first-order chi connectivity index (χ1) is 40.2. The first-order valence-corrected chi connectivity index (χ1v) is 31.6. The van der Waals surface area contributed by atoms with Crippen LogP contribution in [0.5, 0.6) is 0 Å². The molecule has 0 aromatic carbocycles. The molecule has 87 heavy (non-hydrogen) atoms.